The van der Waals surface area contributed by atoms with Crippen LogP contribution < -0.4 is 10.6 Å². The van der Waals surface area contributed by atoms with Gasteiger partial charge in [0, 0.05) is 12.2 Å². The molecule has 1 saturated heterocycles. The summed E-state index contributed by atoms with van der Waals surface area (Å²) in [5.74, 6) is -0.262. The van der Waals surface area contributed by atoms with Crippen LogP contribution in [0.4, 0.5) is 10.2 Å². The Morgan fingerprint density at radius 1 is 1.32 bits per heavy atom. The summed E-state index contributed by atoms with van der Waals surface area (Å²) in [4.78, 5) is 26.2. The van der Waals surface area contributed by atoms with E-state index in [0.29, 0.717) is 55.1 Å². The number of amides is 1. The van der Waals surface area contributed by atoms with Gasteiger partial charge in [-0.05, 0) is 32.3 Å². The fourth-order valence-electron chi connectivity index (χ4n) is 4.23. The number of carbonyl (C=O) groups is 1. The molecular weight excluding hydrogens is 401 g/mol. The van der Waals surface area contributed by atoms with E-state index in [2.05, 4.69) is 25.6 Å². The van der Waals surface area contributed by atoms with E-state index in [1.165, 1.54) is 12.4 Å². The number of hydrogen-bond acceptors (Lipinski definition) is 7. The van der Waals surface area contributed by atoms with Crippen LogP contribution in [0.25, 0.3) is 0 Å². The largest absolute Gasteiger partial charge is 0.391 e. The van der Waals surface area contributed by atoms with Crippen molar-refractivity contribution in [1.82, 2.24) is 15.3 Å². The lowest BCUT2D eigenvalue weighted by molar-refractivity contribution is -0.115. The van der Waals surface area contributed by atoms with Crippen LogP contribution in [0.15, 0.2) is 29.5 Å². The molecule has 5 rings (SSSR count). The number of ether oxygens (including phenoxy) is 1. The Kier molecular flexibility index (Phi) is 4.94. The monoisotopic (exact) mass is 425 g/mol. The quantitative estimate of drug-likeness (QED) is 0.672. The van der Waals surface area contributed by atoms with Gasteiger partial charge in [-0.2, -0.15) is 0 Å². The van der Waals surface area contributed by atoms with E-state index in [9.17, 15) is 14.3 Å². The first kappa shape index (κ1) is 20.0. The maximum absolute atomic E-state index is 14.5. The summed E-state index contributed by atoms with van der Waals surface area (Å²) in [6, 6.07) is 4.60. The molecule has 3 N–H and O–H groups in total. The number of aryl methyl sites for hydroxylation is 1. The maximum Gasteiger partial charge on any atom is 0.270 e. The third-order valence-electron chi connectivity index (χ3n) is 6.15. The molecule has 1 aromatic carbocycles. The number of aliphatic hydroxyl groups is 1. The number of halogens is 1. The minimum absolute atomic E-state index is 0.226. The van der Waals surface area contributed by atoms with Crippen molar-refractivity contribution in [1.29, 1.82) is 0 Å². The van der Waals surface area contributed by atoms with Gasteiger partial charge in [0.25, 0.3) is 5.91 Å². The summed E-state index contributed by atoms with van der Waals surface area (Å²) >= 11 is 0. The molecule has 8 nitrogen and oxygen atoms in total. The van der Waals surface area contributed by atoms with Gasteiger partial charge in [-0.3, -0.25) is 9.79 Å². The zero-order valence-electron chi connectivity index (χ0n) is 17.2. The second-order valence-electron chi connectivity index (χ2n) is 8.41. The molecule has 0 bridgehead atoms. The van der Waals surface area contributed by atoms with Gasteiger partial charge in [0.05, 0.1) is 42.1 Å². The lowest BCUT2D eigenvalue weighted by Gasteiger charge is -2.29. The average Bonchev–Trinajstić information content (AvgIpc) is 3.39. The molecule has 1 aromatic heterocycles. The zero-order valence-corrected chi connectivity index (χ0v) is 17.2. The topological polar surface area (TPSA) is 109 Å². The van der Waals surface area contributed by atoms with Crippen LogP contribution >= 0.6 is 0 Å². The molecule has 2 aliphatic heterocycles. The predicted octanol–water partition coefficient (Wildman–Crippen LogP) is 1.59. The number of aromatic nitrogens is 2. The van der Waals surface area contributed by atoms with Crippen molar-refractivity contribution in [2.75, 3.05) is 18.5 Å². The fourth-order valence-corrected chi connectivity index (χ4v) is 4.23. The molecule has 1 amide bonds. The number of fused-ring (bicyclic) bond motifs is 1. The number of benzene rings is 1. The molecule has 3 aliphatic rings. The van der Waals surface area contributed by atoms with Gasteiger partial charge >= 0.3 is 0 Å². The Bertz CT molecular complexity index is 1070. The van der Waals surface area contributed by atoms with Gasteiger partial charge in [-0.25, -0.2) is 14.4 Å². The summed E-state index contributed by atoms with van der Waals surface area (Å²) in [7, 11) is 0. The molecular formula is C22H24FN5O3. The average molecular weight is 425 g/mol. The smallest absolute Gasteiger partial charge is 0.270 e. The van der Waals surface area contributed by atoms with Crippen LogP contribution in [-0.2, 0) is 21.6 Å². The lowest BCUT2D eigenvalue weighted by atomic mass is 10.0. The molecule has 0 radical (unpaired) electrons. The Hall–Kier alpha value is -2.91. The van der Waals surface area contributed by atoms with Gasteiger partial charge in [-0.1, -0.05) is 17.7 Å². The van der Waals surface area contributed by atoms with Crippen molar-refractivity contribution in [3.05, 3.63) is 52.7 Å². The van der Waals surface area contributed by atoms with Crippen molar-refractivity contribution < 1.29 is 19.0 Å². The second kappa shape index (κ2) is 7.65. The summed E-state index contributed by atoms with van der Waals surface area (Å²) in [6.45, 7) is 3.02. The van der Waals surface area contributed by atoms with Crippen LogP contribution in [0.2, 0.25) is 0 Å². The number of nitrogens with zero attached hydrogens (tertiary/aromatic N) is 3. The first-order valence-corrected chi connectivity index (χ1v) is 10.5. The molecule has 2 fully saturated rings. The molecule has 2 aromatic rings. The Morgan fingerprint density at radius 3 is 2.94 bits per heavy atom. The van der Waals surface area contributed by atoms with E-state index in [-0.39, 0.29) is 30.0 Å². The third kappa shape index (κ3) is 3.68. The maximum atomic E-state index is 14.5. The van der Waals surface area contributed by atoms with E-state index < -0.39 is 11.6 Å². The van der Waals surface area contributed by atoms with Gasteiger partial charge < -0.3 is 20.5 Å². The number of anilines is 1. The van der Waals surface area contributed by atoms with E-state index in [0.717, 1.165) is 5.56 Å². The Balaban J connectivity index is 1.40. The van der Waals surface area contributed by atoms with Crippen LogP contribution in [-0.4, -0.2) is 52.1 Å². The van der Waals surface area contributed by atoms with Crippen molar-refractivity contribution in [3.8, 4) is 0 Å². The zero-order chi connectivity index (χ0) is 21.6. The number of nitrogens with one attached hydrogen (secondary N) is 2. The van der Waals surface area contributed by atoms with E-state index in [1.807, 2.05) is 6.92 Å². The minimum atomic E-state index is -0.713. The van der Waals surface area contributed by atoms with Crippen LogP contribution in [0, 0.1) is 12.7 Å². The van der Waals surface area contributed by atoms with E-state index in [1.54, 1.807) is 12.1 Å². The van der Waals surface area contributed by atoms with Crippen molar-refractivity contribution in [2.24, 2.45) is 4.99 Å². The highest BCUT2D eigenvalue weighted by Crippen LogP contribution is 2.47. The number of aliphatic imine (C=N–C) groups is 1. The highest BCUT2D eigenvalue weighted by atomic mass is 19.1. The Labute approximate surface area is 179 Å². The van der Waals surface area contributed by atoms with Gasteiger partial charge in [0.2, 0.25) is 0 Å². The molecule has 1 aliphatic carbocycles. The molecule has 2 atom stereocenters. The third-order valence-corrected chi connectivity index (χ3v) is 6.15. The van der Waals surface area contributed by atoms with Crippen molar-refractivity contribution in [2.45, 2.75) is 50.4 Å². The van der Waals surface area contributed by atoms with Gasteiger partial charge in [0.15, 0.2) is 0 Å². The molecule has 9 heteroatoms. The first-order valence-electron chi connectivity index (χ1n) is 10.5. The van der Waals surface area contributed by atoms with Crippen molar-refractivity contribution in [3.63, 3.8) is 0 Å². The van der Waals surface area contributed by atoms with E-state index in [4.69, 9.17) is 4.74 Å². The normalized spacial score (nSPS) is 23.6. The summed E-state index contributed by atoms with van der Waals surface area (Å²) in [5, 5.41) is 16.5. The lowest BCUT2D eigenvalue weighted by Crippen LogP contribution is -2.43. The van der Waals surface area contributed by atoms with Crippen LogP contribution in [0.5, 0.6) is 0 Å². The number of rotatable bonds is 5. The standard InChI is InChI=1S/C22H24FN5O3/c1-12-2-3-14(23)13(8-12)22(5-6-22)28-21(30)19-18-15(9-24-19)25-11-26-20(18)27-16-10-31-7-4-17(16)29/h2-3,8,11,16-17,29H,4-7,9-10H2,1H3,(H,28,30)(H,25,26,27)/t16-,17-/m1/s1. The predicted molar refractivity (Wildman–Crippen MR) is 111 cm³/mol. The SMILES string of the molecule is Cc1ccc(F)c(C2(NC(=O)C3=NCc4ncnc(N[C@@H]5COCC[C@H]5O)c43)CC2)c1. The minimum Gasteiger partial charge on any atom is -0.391 e. The van der Waals surface area contributed by atoms with Crippen molar-refractivity contribution >= 4 is 17.4 Å². The molecule has 0 spiro atoms. The molecule has 31 heavy (non-hydrogen) atoms. The van der Waals surface area contributed by atoms with Crippen LogP contribution in [0.3, 0.4) is 0 Å². The molecule has 0 unspecified atom stereocenters. The molecule has 3 heterocycles. The number of hydrogen-bond donors (Lipinski definition) is 3. The summed E-state index contributed by atoms with van der Waals surface area (Å²) in [5.41, 5.74) is 2.12. The second-order valence-corrected chi connectivity index (χ2v) is 8.41. The number of aliphatic hydroxyl groups excluding tert-OH is 1. The number of carbonyl (C=O) groups excluding carboxylic acids is 1. The fraction of sp³-hybridized carbons (Fsp3) is 0.455. The Morgan fingerprint density at radius 2 is 2.16 bits per heavy atom. The van der Waals surface area contributed by atoms with Gasteiger partial charge in [0.1, 0.15) is 23.7 Å². The molecule has 162 valence electrons. The van der Waals surface area contributed by atoms with Gasteiger partial charge in [-0.15, -0.1) is 0 Å². The first-order chi connectivity index (χ1) is 15.0. The van der Waals surface area contributed by atoms with Crippen LogP contribution in [0.1, 0.15) is 41.6 Å². The summed E-state index contributed by atoms with van der Waals surface area (Å²) < 4.78 is 19.9. The highest BCUT2D eigenvalue weighted by molar-refractivity contribution is 6.47. The van der Waals surface area contributed by atoms with E-state index >= 15 is 0 Å². The molecule has 1 saturated carbocycles. The highest BCUT2D eigenvalue weighted by Gasteiger charge is 2.48. The summed E-state index contributed by atoms with van der Waals surface area (Å²) in [6.07, 6.45) is 2.70.